The Kier molecular flexibility index (Phi) is 7.56. The van der Waals surface area contributed by atoms with Crippen molar-refractivity contribution < 1.29 is 14.3 Å². The molecule has 28 heavy (non-hydrogen) atoms. The van der Waals surface area contributed by atoms with Gasteiger partial charge in [-0.3, -0.25) is 0 Å². The molecule has 0 aliphatic rings. The van der Waals surface area contributed by atoms with Gasteiger partial charge in [-0.1, -0.05) is 60.7 Å². The maximum Gasteiger partial charge on any atom is 0.347 e. The van der Waals surface area contributed by atoms with E-state index in [-0.39, 0.29) is 5.97 Å². The Hall–Kier alpha value is -2.72. The molecule has 144 valence electrons. The van der Waals surface area contributed by atoms with Crippen molar-refractivity contribution in [2.75, 3.05) is 6.61 Å². The largest absolute Gasteiger partial charge is 0.478 e. The summed E-state index contributed by atoms with van der Waals surface area (Å²) < 4.78 is 11.2. The molecule has 1 atom stereocenters. The van der Waals surface area contributed by atoms with Crippen LogP contribution in [-0.4, -0.2) is 18.7 Å². The molecule has 0 aliphatic carbocycles. The third-order valence-corrected chi connectivity index (χ3v) is 5.25. The third kappa shape index (κ3) is 6.17. The van der Waals surface area contributed by atoms with Crippen LogP contribution < -0.4 is 4.74 Å². The lowest BCUT2D eigenvalue weighted by molar-refractivity contribution is -0.151. The number of rotatable bonds is 9. The fourth-order valence-corrected chi connectivity index (χ4v) is 3.61. The predicted molar refractivity (Wildman–Crippen MR) is 114 cm³/mol. The summed E-state index contributed by atoms with van der Waals surface area (Å²) in [5.74, 6) is 1.24. The Bertz CT molecular complexity index is 848. The van der Waals surface area contributed by atoms with Crippen LogP contribution in [0.1, 0.15) is 18.1 Å². The van der Waals surface area contributed by atoms with E-state index in [1.807, 2.05) is 60.7 Å². The number of thioether (sulfide) groups is 1. The zero-order valence-electron chi connectivity index (χ0n) is 15.9. The van der Waals surface area contributed by atoms with E-state index < -0.39 is 6.10 Å². The van der Waals surface area contributed by atoms with Crippen LogP contribution in [-0.2, 0) is 21.7 Å². The molecule has 3 nitrogen and oxygen atoms in total. The van der Waals surface area contributed by atoms with Gasteiger partial charge < -0.3 is 9.47 Å². The van der Waals surface area contributed by atoms with Crippen molar-refractivity contribution in [3.8, 4) is 5.75 Å². The van der Waals surface area contributed by atoms with Crippen LogP contribution in [0, 0.1) is 0 Å². The number of ether oxygens (including phenoxy) is 2. The first-order chi connectivity index (χ1) is 13.7. The quantitative estimate of drug-likeness (QED) is 0.354. The van der Waals surface area contributed by atoms with Crippen LogP contribution in [0.5, 0.6) is 5.75 Å². The van der Waals surface area contributed by atoms with E-state index in [1.54, 1.807) is 18.7 Å². The fraction of sp³-hybridized carbons (Fsp3) is 0.208. The SMILES string of the molecule is CCOC(=O)C(Cc1ccccc1)Oc1ccc(SCc2ccccc2)cc1. The van der Waals surface area contributed by atoms with Crippen LogP contribution in [0.2, 0.25) is 0 Å². The molecule has 0 N–H and O–H groups in total. The monoisotopic (exact) mass is 392 g/mol. The van der Waals surface area contributed by atoms with E-state index in [1.165, 1.54) is 5.56 Å². The first-order valence-corrected chi connectivity index (χ1v) is 10.4. The van der Waals surface area contributed by atoms with E-state index in [4.69, 9.17) is 9.47 Å². The molecule has 0 spiro atoms. The second-order valence-electron chi connectivity index (χ2n) is 6.29. The minimum absolute atomic E-state index is 0.336. The first-order valence-electron chi connectivity index (χ1n) is 9.38. The molecular formula is C24H24O3S. The molecule has 3 rings (SSSR count). The van der Waals surface area contributed by atoms with Gasteiger partial charge in [-0.2, -0.15) is 0 Å². The smallest absolute Gasteiger partial charge is 0.347 e. The van der Waals surface area contributed by atoms with Gasteiger partial charge in [0.25, 0.3) is 0 Å². The Labute approximate surface area is 170 Å². The van der Waals surface area contributed by atoms with Crippen molar-refractivity contribution >= 4 is 17.7 Å². The Morgan fingerprint density at radius 2 is 1.46 bits per heavy atom. The van der Waals surface area contributed by atoms with Gasteiger partial charge in [-0.05, 0) is 42.3 Å². The highest BCUT2D eigenvalue weighted by molar-refractivity contribution is 7.98. The van der Waals surface area contributed by atoms with Crippen LogP contribution in [0.15, 0.2) is 89.8 Å². The first kappa shape index (κ1) is 20.0. The zero-order valence-corrected chi connectivity index (χ0v) is 16.7. The second kappa shape index (κ2) is 10.6. The Balaban J connectivity index is 1.62. The Morgan fingerprint density at radius 1 is 0.857 bits per heavy atom. The van der Waals surface area contributed by atoms with E-state index >= 15 is 0 Å². The summed E-state index contributed by atoms with van der Waals surface area (Å²) in [4.78, 5) is 13.5. The normalized spacial score (nSPS) is 11.6. The predicted octanol–water partition coefficient (Wildman–Crippen LogP) is 5.53. The highest BCUT2D eigenvalue weighted by Crippen LogP contribution is 2.25. The molecular weight excluding hydrogens is 368 g/mol. The average molecular weight is 393 g/mol. The summed E-state index contributed by atoms with van der Waals surface area (Å²) in [5.41, 5.74) is 2.33. The van der Waals surface area contributed by atoms with Crippen molar-refractivity contribution in [1.29, 1.82) is 0 Å². The maximum absolute atomic E-state index is 12.3. The maximum atomic E-state index is 12.3. The van der Waals surface area contributed by atoms with Gasteiger partial charge in [0, 0.05) is 17.1 Å². The number of carbonyl (C=O) groups excluding carboxylic acids is 1. The van der Waals surface area contributed by atoms with Gasteiger partial charge in [0.1, 0.15) is 5.75 Å². The molecule has 0 fully saturated rings. The van der Waals surface area contributed by atoms with Crippen molar-refractivity contribution in [2.45, 2.75) is 30.1 Å². The topological polar surface area (TPSA) is 35.5 Å². The highest BCUT2D eigenvalue weighted by atomic mass is 32.2. The van der Waals surface area contributed by atoms with Crippen LogP contribution >= 0.6 is 11.8 Å². The number of carbonyl (C=O) groups is 1. The van der Waals surface area contributed by atoms with E-state index in [2.05, 4.69) is 24.3 Å². The molecule has 0 amide bonds. The lowest BCUT2D eigenvalue weighted by atomic mass is 10.1. The highest BCUT2D eigenvalue weighted by Gasteiger charge is 2.22. The van der Waals surface area contributed by atoms with Crippen LogP contribution in [0.4, 0.5) is 0 Å². The second-order valence-corrected chi connectivity index (χ2v) is 7.34. The molecule has 0 saturated carbocycles. The van der Waals surface area contributed by atoms with E-state index in [9.17, 15) is 4.79 Å². The van der Waals surface area contributed by atoms with Gasteiger partial charge in [-0.25, -0.2) is 4.79 Å². The zero-order chi connectivity index (χ0) is 19.6. The van der Waals surface area contributed by atoms with Gasteiger partial charge in [-0.15, -0.1) is 11.8 Å². The van der Waals surface area contributed by atoms with E-state index in [0.29, 0.717) is 18.8 Å². The summed E-state index contributed by atoms with van der Waals surface area (Å²) in [5, 5.41) is 0. The van der Waals surface area contributed by atoms with Gasteiger partial charge in [0.05, 0.1) is 6.61 Å². The minimum atomic E-state index is -0.662. The fourth-order valence-electron chi connectivity index (χ4n) is 2.76. The molecule has 0 bridgehead atoms. The lowest BCUT2D eigenvalue weighted by Gasteiger charge is -2.18. The van der Waals surface area contributed by atoms with Crippen molar-refractivity contribution in [2.24, 2.45) is 0 Å². The van der Waals surface area contributed by atoms with Crippen LogP contribution in [0.25, 0.3) is 0 Å². The molecule has 0 radical (unpaired) electrons. The molecule has 0 aliphatic heterocycles. The molecule has 4 heteroatoms. The standard InChI is InChI=1S/C24H24O3S/c1-2-26-24(25)23(17-19-9-5-3-6-10-19)27-21-13-15-22(16-14-21)28-18-20-11-7-4-8-12-20/h3-16,23H,2,17-18H2,1H3. The Morgan fingerprint density at radius 3 is 2.07 bits per heavy atom. The molecule has 3 aromatic rings. The molecule has 3 aromatic carbocycles. The average Bonchev–Trinajstić information content (AvgIpc) is 2.74. The van der Waals surface area contributed by atoms with Gasteiger partial charge in [0.15, 0.2) is 6.10 Å². The summed E-state index contributed by atoms with van der Waals surface area (Å²) >= 11 is 1.77. The minimum Gasteiger partial charge on any atom is -0.478 e. The summed E-state index contributed by atoms with van der Waals surface area (Å²) in [6.07, 6.45) is -0.186. The third-order valence-electron chi connectivity index (χ3n) is 4.16. The summed E-state index contributed by atoms with van der Waals surface area (Å²) in [7, 11) is 0. The summed E-state index contributed by atoms with van der Waals surface area (Å²) in [6.45, 7) is 2.14. The molecule has 0 saturated heterocycles. The molecule has 0 heterocycles. The number of esters is 1. The lowest BCUT2D eigenvalue weighted by Crippen LogP contribution is -2.31. The van der Waals surface area contributed by atoms with E-state index in [0.717, 1.165) is 16.2 Å². The van der Waals surface area contributed by atoms with Crippen LogP contribution in [0.3, 0.4) is 0 Å². The number of hydrogen-bond acceptors (Lipinski definition) is 4. The van der Waals surface area contributed by atoms with Crippen molar-refractivity contribution in [3.63, 3.8) is 0 Å². The van der Waals surface area contributed by atoms with Gasteiger partial charge in [0.2, 0.25) is 0 Å². The molecule has 1 unspecified atom stereocenters. The van der Waals surface area contributed by atoms with Crippen molar-refractivity contribution in [1.82, 2.24) is 0 Å². The summed E-state index contributed by atoms with van der Waals surface area (Å²) in [6, 6.07) is 28.1. The van der Waals surface area contributed by atoms with Crippen molar-refractivity contribution in [3.05, 3.63) is 96.1 Å². The number of benzene rings is 3. The number of hydrogen-bond donors (Lipinski definition) is 0. The van der Waals surface area contributed by atoms with Gasteiger partial charge >= 0.3 is 5.97 Å². The molecule has 0 aromatic heterocycles.